The number of ether oxygens (including phenoxy) is 1. The second-order valence-corrected chi connectivity index (χ2v) is 8.41. The lowest BCUT2D eigenvalue weighted by Gasteiger charge is -2.40. The largest absolute Gasteiger partial charge is 0.376 e. The van der Waals surface area contributed by atoms with Gasteiger partial charge in [-0.3, -0.25) is 9.88 Å². The van der Waals surface area contributed by atoms with Crippen LogP contribution in [-0.2, 0) is 16.7 Å². The van der Waals surface area contributed by atoms with Crippen LogP contribution in [0.25, 0.3) is 0 Å². The second kappa shape index (κ2) is 7.25. The zero-order valence-corrected chi connectivity index (χ0v) is 16.0. The lowest BCUT2D eigenvalue weighted by atomic mass is 9.74. The summed E-state index contributed by atoms with van der Waals surface area (Å²) < 4.78 is 5.93. The van der Waals surface area contributed by atoms with Crippen LogP contribution in [0, 0.1) is 0 Å². The van der Waals surface area contributed by atoms with Gasteiger partial charge in [-0.15, -0.1) is 0 Å². The fourth-order valence-electron chi connectivity index (χ4n) is 5.22. The first-order valence-electron chi connectivity index (χ1n) is 10.4. The molecule has 1 aromatic carbocycles. The van der Waals surface area contributed by atoms with Crippen molar-refractivity contribution in [1.82, 2.24) is 9.88 Å². The van der Waals surface area contributed by atoms with Gasteiger partial charge in [-0.1, -0.05) is 24.3 Å². The third-order valence-electron chi connectivity index (χ3n) is 6.68. The van der Waals surface area contributed by atoms with Crippen molar-refractivity contribution in [3.8, 4) is 0 Å². The van der Waals surface area contributed by atoms with E-state index in [1.165, 1.54) is 37.1 Å². The molecular formula is C23H29N3O. The first kappa shape index (κ1) is 17.2. The van der Waals surface area contributed by atoms with Crippen molar-refractivity contribution in [2.24, 2.45) is 0 Å². The molecule has 0 unspecified atom stereocenters. The lowest BCUT2D eigenvalue weighted by molar-refractivity contribution is 0.113. The maximum Gasteiger partial charge on any atom is 0.0750 e. The van der Waals surface area contributed by atoms with Gasteiger partial charge in [0.05, 0.1) is 11.8 Å². The molecule has 2 fully saturated rings. The van der Waals surface area contributed by atoms with E-state index in [1.807, 2.05) is 12.3 Å². The lowest BCUT2D eigenvalue weighted by Crippen LogP contribution is -2.45. The van der Waals surface area contributed by atoms with E-state index in [0.717, 1.165) is 39.3 Å². The molecule has 5 rings (SSSR count). The van der Waals surface area contributed by atoms with Gasteiger partial charge in [-0.25, -0.2) is 0 Å². The van der Waals surface area contributed by atoms with Crippen molar-refractivity contribution >= 4 is 5.69 Å². The van der Waals surface area contributed by atoms with Gasteiger partial charge < -0.3 is 9.64 Å². The molecule has 1 atom stereocenters. The Morgan fingerprint density at radius 3 is 2.70 bits per heavy atom. The number of benzene rings is 1. The molecule has 4 nitrogen and oxygen atoms in total. The summed E-state index contributed by atoms with van der Waals surface area (Å²) in [6.07, 6.45) is 7.21. The molecule has 2 saturated heterocycles. The maximum atomic E-state index is 5.93. The van der Waals surface area contributed by atoms with Crippen molar-refractivity contribution in [3.63, 3.8) is 0 Å². The summed E-state index contributed by atoms with van der Waals surface area (Å²) in [6, 6.07) is 15.3. The number of aromatic nitrogens is 1. The average Bonchev–Trinajstić information content (AvgIpc) is 3.33. The number of nitrogens with zero attached hydrogens (tertiary/aromatic N) is 3. The number of hydrogen-bond acceptors (Lipinski definition) is 4. The van der Waals surface area contributed by atoms with Crippen LogP contribution in [0.2, 0.25) is 0 Å². The molecule has 1 spiro atoms. The number of anilines is 1. The number of pyridine rings is 1. The molecular weight excluding hydrogens is 334 g/mol. The molecule has 27 heavy (non-hydrogen) atoms. The third kappa shape index (κ3) is 3.37. The Hall–Kier alpha value is -1.91. The van der Waals surface area contributed by atoms with Gasteiger partial charge in [0.2, 0.25) is 0 Å². The smallest absolute Gasteiger partial charge is 0.0750 e. The Morgan fingerprint density at radius 2 is 1.93 bits per heavy atom. The molecule has 0 saturated carbocycles. The van der Waals surface area contributed by atoms with E-state index in [9.17, 15) is 0 Å². The van der Waals surface area contributed by atoms with Gasteiger partial charge in [-0.2, -0.15) is 0 Å². The fourth-order valence-corrected chi connectivity index (χ4v) is 5.22. The van der Waals surface area contributed by atoms with E-state index in [2.05, 4.69) is 51.2 Å². The SMILES string of the molecule is c1ccc(CN2CCC3(CC2)CN(C[C@H]2CCCO2)c2ccccc23)nc1. The summed E-state index contributed by atoms with van der Waals surface area (Å²) in [5.74, 6) is 0. The highest BCUT2D eigenvalue weighted by atomic mass is 16.5. The van der Waals surface area contributed by atoms with Crippen molar-refractivity contribution in [1.29, 1.82) is 0 Å². The number of fused-ring (bicyclic) bond motifs is 2. The van der Waals surface area contributed by atoms with Crippen LogP contribution in [0.15, 0.2) is 48.7 Å². The molecule has 2 aromatic rings. The van der Waals surface area contributed by atoms with E-state index in [4.69, 9.17) is 4.74 Å². The Kier molecular flexibility index (Phi) is 4.62. The Balaban J connectivity index is 1.30. The van der Waals surface area contributed by atoms with Crippen LogP contribution in [0.4, 0.5) is 5.69 Å². The summed E-state index contributed by atoms with van der Waals surface area (Å²) in [5, 5.41) is 0. The van der Waals surface area contributed by atoms with E-state index in [0.29, 0.717) is 11.5 Å². The highest BCUT2D eigenvalue weighted by molar-refractivity contribution is 5.63. The first-order chi connectivity index (χ1) is 13.3. The number of rotatable bonds is 4. The van der Waals surface area contributed by atoms with Gasteiger partial charge in [0.25, 0.3) is 0 Å². The number of hydrogen-bond donors (Lipinski definition) is 0. The molecule has 3 aliphatic rings. The zero-order chi connectivity index (χ0) is 18.1. The van der Waals surface area contributed by atoms with E-state index in [1.54, 1.807) is 5.56 Å². The number of piperidine rings is 1. The molecule has 4 heteroatoms. The topological polar surface area (TPSA) is 28.6 Å². The molecule has 0 radical (unpaired) electrons. The maximum absolute atomic E-state index is 5.93. The molecule has 142 valence electrons. The van der Waals surface area contributed by atoms with Gasteiger partial charge in [0.15, 0.2) is 0 Å². The molecule has 0 bridgehead atoms. The van der Waals surface area contributed by atoms with Crippen molar-refractivity contribution < 1.29 is 4.74 Å². The van der Waals surface area contributed by atoms with Crippen LogP contribution in [-0.4, -0.2) is 48.8 Å². The van der Waals surface area contributed by atoms with Crippen LogP contribution in [0.5, 0.6) is 0 Å². The zero-order valence-electron chi connectivity index (χ0n) is 16.0. The summed E-state index contributed by atoms with van der Waals surface area (Å²) in [6.45, 7) is 6.42. The van der Waals surface area contributed by atoms with Gasteiger partial charge in [0.1, 0.15) is 0 Å². The quantitative estimate of drug-likeness (QED) is 0.830. The third-order valence-corrected chi connectivity index (χ3v) is 6.68. The predicted octanol–water partition coefficient (Wildman–Crippen LogP) is 3.61. The summed E-state index contributed by atoms with van der Waals surface area (Å²) >= 11 is 0. The molecule has 0 N–H and O–H groups in total. The second-order valence-electron chi connectivity index (χ2n) is 8.41. The van der Waals surface area contributed by atoms with Crippen molar-refractivity contribution in [2.45, 2.75) is 43.7 Å². The van der Waals surface area contributed by atoms with Crippen molar-refractivity contribution in [2.75, 3.05) is 37.7 Å². The highest BCUT2D eigenvalue weighted by Crippen LogP contribution is 2.47. The Morgan fingerprint density at radius 1 is 1.07 bits per heavy atom. The fraction of sp³-hybridized carbons (Fsp3) is 0.522. The van der Waals surface area contributed by atoms with Gasteiger partial charge in [-0.05, 0) is 62.5 Å². The standard InChI is InChI=1S/C23H29N3O/c1-2-9-22-21(8-1)23(18-26(22)17-20-7-5-15-27-20)10-13-25(14-11-23)16-19-6-3-4-12-24-19/h1-4,6,8-9,12,20H,5,7,10-11,13-18H2/t20-/m1/s1. The predicted molar refractivity (Wildman–Crippen MR) is 108 cm³/mol. The monoisotopic (exact) mass is 363 g/mol. The summed E-state index contributed by atoms with van der Waals surface area (Å²) in [7, 11) is 0. The van der Waals surface area contributed by atoms with Gasteiger partial charge >= 0.3 is 0 Å². The minimum absolute atomic E-state index is 0.315. The molecule has 3 aliphatic heterocycles. The van der Waals surface area contributed by atoms with E-state index in [-0.39, 0.29) is 0 Å². The Labute approximate surface area is 162 Å². The number of likely N-dealkylation sites (tertiary alicyclic amines) is 1. The summed E-state index contributed by atoms with van der Waals surface area (Å²) in [4.78, 5) is 9.68. The average molecular weight is 364 g/mol. The molecule has 1 aromatic heterocycles. The summed E-state index contributed by atoms with van der Waals surface area (Å²) in [5.41, 5.74) is 4.52. The van der Waals surface area contributed by atoms with Crippen LogP contribution in [0.1, 0.15) is 36.9 Å². The van der Waals surface area contributed by atoms with Gasteiger partial charge in [0, 0.05) is 43.5 Å². The first-order valence-corrected chi connectivity index (χ1v) is 10.4. The minimum Gasteiger partial charge on any atom is -0.376 e. The normalized spacial score (nSPS) is 24.4. The van der Waals surface area contributed by atoms with E-state index < -0.39 is 0 Å². The van der Waals surface area contributed by atoms with Crippen LogP contribution >= 0.6 is 0 Å². The van der Waals surface area contributed by atoms with Crippen LogP contribution < -0.4 is 4.90 Å². The molecule has 0 amide bonds. The highest BCUT2D eigenvalue weighted by Gasteiger charge is 2.44. The van der Waals surface area contributed by atoms with Crippen molar-refractivity contribution in [3.05, 3.63) is 59.9 Å². The molecule has 0 aliphatic carbocycles. The van der Waals surface area contributed by atoms with Crippen LogP contribution in [0.3, 0.4) is 0 Å². The Bertz CT molecular complexity index is 764. The van der Waals surface area contributed by atoms with E-state index >= 15 is 0 Å². The number of para-hydroxylation sites is 1. The minimum atomic E-state index is 0.315. The molecule has 4 heterocycles.